The molecule has 13 nitrogen and oxygen atoms in total. The number of nitrogens with one attached hydrogen (secondary N) is 1. The molecule has 6 rings (SSSR count). The zero-order valence-electron chi connectivity index (χ0n) is 42.6. The van der Waals surface area contributed by atoms with Crippen LogP contribution in [0.1, 0.15) is 144 Å². The zero-order chi connectivity index (χ0) is 52.9. The monoisotopic (exact) mass is 1020 g/mol. The number of benzene rings is 2. The number of hydrogen-bond donors (Lipinski definition) is 1. The molecule has 4 aliphatic rings. The number of carbonyl (C=O) groups is 6. The summed E-state index contributed by atoms with van der Waals surface area (Å²) in [7, 11) is 0. The second-order valence-electron chi connectivity index (χ2n) is 21.9. The van der Waals surface area contributed by atoms with Crippen LogP contribution in [0.15, 0.2) is 24.3 Å². The Morgan fingerprint density at radius 1 is 0.792 bits per heavy atom. The Bertz CT molecular complexity index is 2260. The van der Waals surface area contributed by atoms with Crippen LogP contribution in [0, 0.1) is 81.3 Å². The van der Waals surface area contributed by atoms with Crippen molar-refractivity contribution in [1.82, 2.24) is 5.32 Å². The van der Waals surface area contributed by atoms with Crippen LogP contribution in [-0.2, 0) is 59.6 Å². The third-order valence-corrected chi connectivity index (χ3v) is 16.8. The normalized spacial score (nSPS) is 29.1. The Hall–Kier alpha value is -5.29. The van der Waals surface area contributed by atoms with Gasteiger partial charge in [-0.2, -0.15) is 8.78 Å². The maximum Gasteiger partial charge on any atom is 0.407 e. The lowest BCUT2D eigenvalue weighted by molar-refractivity contribution is -0.219. The van der Waals surface area contributed by atoms with E-state index in [1.807, 2.05) is 45.0 Å². The lowest BCUT2D eigenvalue weighted by atomic mass is 9.40. The molecule has 72 heavy (non-hydrogen) atoms. The molecule has 0 aromatic heterocycles. The SMILES string of the molecule is CCCCOC(=O)C(C(=O)OCCCC)[C@@]1(c2ccc(CNC(=O)OC(C)(C)C)cc2)CC[C@@]2(C)[C@H](C[C@@H](OC=O)[C@@H]3[C@@H]2C[C@H](OC=O)[C@]2(C)[C@@H]([C@H](C)CC(=O)Oc4c(F)c(F)c(F)c(F)c4F)CC[C@@H]32)C1. The van der Waals surface area contributed by atoms with Crippen LogP contribution < -0.4 is 10.1 Å². The van der Waals surface area contributed by atoms with Crippen LogP contribution in [0.2, 0.25) is 0 Å². The Kier molecular flexibility index (Phi) is 17.8. The summed E-state index contributed by atoms with van der Waals surface area (Å²) in [5.41, 5.74) is -1.84. The van der Waals surface area contributed by atoms with Crippen molar-refractivity contribution < 1.29 is 79.1 Å². The summed E-state index contributed by atoms with van der Waals surface area (Å²) >= 11 is 0. The lowest BCUT2D eigenvalue weighted by Gasteiger charge is -2.65. The van der Waals surface area contributed by atoms with Crippen LogP contribution in [0.5, 0.6) is 5.75 Å². The summed E-state index contributed by atoms with van der Waals surface area (Å²) in [5, 5.41) is 2.77. The highest BCUT2D eigenvalue weighted by atomic mass is 19.2. The van der Waals surface area contributed by atoms with Crippen molar-refractivity contribution >= 4 is 36.9 Å². The maximum absolute atomic E-state index is 14.5. The van der Waals surface area contributed by atoms with Crippen molar-refractivity contribution in [1.29, 1.82) is 0 Å². The number of esters is 3. The van der Waals surface area contributed by atoms with Gasteiger partial charge in [0.1, 0.15) is 17.8 Å². The number of hydrogen-bond acceptors (Lipinski definition) is 12. The molecule has 0 saturated heterocycles. The zero-order valence-corrected chi connectivity index (χ0v) is 42.6. The van der Waals surface area contributed by atoms with Crippen molar-refractivity contribution in [2.45, 2.75) is 162 Å². The Balaban J connectivity index is 1.35. The van der Waals surface area contributed by atoms with E-state index >= 15 is 0 Å². The van der Waals surface area contributed by atoms with Gasteiger partial charge in [0.25, 0.3) is 12.9 Å². The first kappa shape index (κ1) is 56.0. The summed E-state index contributed by atoms with van der Waals surface area (Å²) in [5.74, 6) is -19.2. The molecule has 0 bridgehead atoms. The van der Waals surface area contributed by atoms with Crippen LogP contribution in [-0.4, -0.2) is 68.0 Å². The lowest BCUT2D eigenvalue weighted by Crippen LogP contribution is -2.64. The number of unbranched alkanes of at least 4 members (excludes halogenated alkanes) is 2. The van der Waals surface area contributed by atoms with Gasteiger partial charge in [0.2, 0.25) is 34.8 Å². The third kappa shape index (κ3) is 11.1. The van der Waals surface area contributed by atoms with Crippen molar-refractivity contribution in [2.75, 3.05) is 13.2 Å². The Morgan fingerprint density at radius 3 is 1.93 bits per heavy atom. The van der Waals surface area contributed by atoms with Crippen LogP contribution in [0.4, 0.5) is 26.7 Å². The van der Waals surface area contributed by atoms with Gasteiger partial charge in [0.15, 0.2) is 5.92 Å². The second-order valence-corrected chi connectivity index (χ2v) is 21.9. The maximum atomic E-state index is 14.5. The van der Waals surface area contributed by atoms with Gasteiger partial charge in [-0.1, -0.05) is 71.7 Å². The molecule has 11 atom stereocenters. The molecule has 1 N–H and O–H groups in total. The van der Waals surface area contributed by atoms with E-state index in [1.165, 1.54) is 0 Å². The average molecular weight is 1020 g/mol. The molecule has 398 valence electrons. The van der Waals surface area contributed by atoms with Crippen molar-refractivity contribution in [3.05, 3.63) is 64.5 Å². The minimum atomic E-state index is -2.39. The second kappa shape index (κ2) is 22.9. The van der Waals surface area contributed by atoms with E-state index in [4.69, 9.17) is 28.4 Å². The highest BCUT2D eigenvalue weighted by Gasteiger charge is 2.69. The molecule has 0 spiro atoms. The van der Waals surface area contributed by atoms with E-state index in [0.29, 0.717) is 69.9 Å². The number of rotatable bonds is 20. The largest absolute Gasteiger partial charge is 0.465 e. The Morgan fingerprint density at radius 2 is 1.38 bits per heavy atom. The van der Waals surface area contributed by atoms with Crippen molar-refractivity contribution in [3.8, 4) is 5.75 Å². The minimum absolute atomic E-state index is 0.101. The summed E-state index contributed by atoms with van der Waals surface area (Å²) < 4.78 is 105. The van der Waals surface area contributed by atoms with Crippen LogP contribution in [0.3, 0.4) is 0 Å². The quantitative estimate of drug-likeness (QED) is 0.0154. The summed E-state index contributed by atoms with van der Waals surface area (Å²) in [6, 6.07) is 7.40. The number of amides is 1. The highest BCUT2D eigenvalue weighted by Crippen LogP contribution is 2.71. The third-order valence-electron chi connectivity index (χ3n) is 16.8. The average Bonchev–Trinajstić information content (AvgIpc) is 3.69. The van der Waals surface area contributed by atoms with Gasteiger partial charge in [0, 0.05) is 29.7 Å². The molecule has 4 fully saturated rings. The van der Waals surface area contributed by atoms with Gasteiger partial charge < -0.3 is 33.7 Å². The molecular formula is C54H70F5NO12. The minimum Gasteiger partial charge on any atom is -0.465 e. The van der Waals surface area contributed by atoms with Gasteiger partial charge in [0.05, 0.1) is 13.2 Å². The first-order valence-electron chi connectivity index (χ1n) is 25.3. The van der Waals surface area contributed by atoms with Crippen LogP contribution >= 0.6 is 0 Å². The number of fused-ring (bicyclic) bond motifs is 5. The fraction of sp³-hybridized carbons (Fsp3) is 0.667. The number of ether oxygens (including phenoxy) is 6. The molecule has 2 aromatic carbocycles. The van der Waals surface area contributed by atoms with E-state index in [-0.39, 0.29) is 55.8 Å². The van der Waals surface area contributed by atoms with Crippen molar-refractivity contribution in [3.63, 3.8) is 0 Å². The molecule has 0 heterocycles. The van der Waals surface area contributed by atoms with E-state index in [9.17, 15) is 50.7 Å². The molecular weight excluding hydrogens is 950 g/mol. The molecule has 0 aliphatic heterocycles. The molecule has 1 amide bonds. The Labute approximate surface area is 418 Å². The van der Waals surface area contributed by atoms with Crippen LogP contribution in [0.25, 0.3) is 0 Å². The predicted molar refractivity (Wildman–Crippen MR) is 250 cm³/mol. The molecule has 4 saturated carbocycles. The standard InChI is InChI=1S/C54H70F5NO12/c1-9-11-21-67-48(64)41(49(65)68-22-12-10-2)54(32-15-13-31(14-16-32)27-60-50(66)72-51(4,5)6)20-19-52(7)33(26-54)24-37(69-28-61)40-35-18-17-34(53(35,8)38(70-29-62)25-36(40)52)30(3)23-39(63)71-47-45(58)43(56)42(55)44(57)46(47)59/h13-16,28-30,33-38,40-41H,9-12,17-27H2,1-8H3,(H,60,66)/t30-,33-,34-,35+,36+,37-,38+,40+,52+,53-,54+/m1/s1. The summed E-state index contributed by atoms with van der Waals surface area (Å²) in [6.45, 7) is 16.2. The molecule has 2 aromatic rings. The van der Waals surface area contributed by atoms with E-state index in [0.717, 1.165) is 18.4 Å². The van der Waals surface area contributed by atoms with E-state index in [1.54, 1.807) is 27.7 Å². The fourth-order valence-corrected chi connectivity index (χ4v) is 13.3. The first-order chi connectivity index (χ1) is 34.0. The smallest absolute Gasteiger partial charge is 0.407 e. The van der Waals surface area contributed by atoms with Gasteiger partial charge in [-0.15, -0.1) is 0 Å². The topological polar surface area (TPSA) is 170 Å². The van der Waals surface area contributed by atoms with Crippen molar-refractivity contribution in [2.24, 2.45) is 52.3 Å². The fourth-order valence-electron chi connectivity index (χ4n) is 13.3. The van der Waals surface area contributed by atoms with Gasteiger partial charge in [-0.25, -0.2) is 18.0 Å². The number of halogens is 5. The highest BCUT2D eigenvalue weighted by molar-refractivity contribution is 5.97. The summed E-state index contributed by atoms with van der Waals surface area (Å²) in [6.07, 6.45) is 2.96. The molecule has 0 radical (unpaired) electrons. The summed E-state index contributed by atoms with van der Waals surface area (Å²) in [4.78, 5) is 79.8. The predicted octanol–water partition coefficient (Wildman–Crippen LogP) is 10.5. The molecule has 4 aliphatic carbocycles. The van der Waals surface area contributed by atoms with E-state index in [2.05, 4.69) is 12.2 Å². The van der Waals surface area contributed by atoms with Gasteiger partial charge in [-0.3, -0.25) is 24.0 Å². The number of carbonyl (C=O) groups excluding carboxylic acids is 6. The van der Waals surface area contributed by atoms with Gasteiger partial charge >= 0.3 is 24.0 Å². The number of alkyl carbamates (subject to hydrolysis) is 1. The van der Waals surface area contributed by atoms with Gasteiger partial charge in [-0.05, 0) is 125 Å². The first-order valence-corrected chi connectivity index (χ1v) is 25.3. The molecule has 0 unspecified atom stereocenters. The van der Waals surface area contributed by atoms with E-state index < -0.39 is 111 Å². The molecule has 18 heteroatoms.